The Bertz CT molecular complexity index is 1000. The number of hydrogen-bond donors (Lipinski definition) is 1. The van der Waals surface area contributed by atoms with Crippen LogP contribution in [0, 0.1) is 0 Å². The van der Waals surface area contributed by atoms with Gasteiger partial charge >= 0.3 is 0 Å². The summed E-state index contributed by atoms with van der Waals surface area (Å²) in [7, 11) is 0. The van der Waals surface area contributed by atoms with E-state index in [1.165, 1.54) is 32.1 Å². The van der Waals surface area contributed by atoms with Crippen LogP contribution in [0.25, 0.3) is 10.2 Å². The third-order valence-electron chi connectivity index (χ3n) is 7.94. The fraction of sp³-hybridized carbons (Fsp3) is 0.692. The lowest BCUT2D eigenvalue weighted by molar-refractivity contribution is -0.133. The SMILES string of the molecule is C[C@]1(C(=O)NC2CCCCCCC2)Cn2c(cc3sccc32)C(=O)N1CCCN1CCOCC1. The molecular weight excluding hydrogens is 448 g/mol. The van der Waals surface area contributed by atoms with Crippen LogP contribution < -0.4 is 5.32 Å². The standard InChI is InChI=1S/C26H38N4O3S/c1-26(25(32)27-20-8-5-3-2-4-6-9-20)19-29-21-10-17-34-23(21)18-22(29)24(31)30(26)12-7-11-28-13-15-33-16-14-28/h10,17-18,20H,2-9,11-16,19H2,1H3,(H,27,32)/t26-/m1/s1. The van der Waals surface area contributed by atoms with E-state index in [1.54, 1.807) is 11.3 Å². The van der Waals surface area contributed by atoms with Crippen molar-refractivity contribution >= 4 is 33.4 Å². The molecule has 4 heterocycles. The van der Waals surface area contributed by atoms with E-state index in [2.05, 4.69) is 26.2 Å². The number of thiophene rings is 1. The number of rotatable bonds is 6. The van der Waals surface area contributed by atoms with E-state index in [0.717, 1.165) is 62.3 Å². The molecule has 186 valence electrons. The number of carbonyl (C=O) groups is 2. The fourth-order valence-corrected chi connectivity index (χ4v) is 6.66. The van der Waals surface area contributed by atoms with Gasteiger partial charge in [0, 0.05) is 32.2 Å². The maximum Gasteiger partial charge on any atom is 0.271 e. The van der Waals surface area contributed by atoms with Crippen LogP contribution in [0.15, 0.2) is 17.5 Å². The first-order valence-electron chi connectivity index (χ1n) is 13.1. The summed E-state index contributed by atoms with van der Waals surface area (Å²) in [6, 6.07) is 4.28. The van der Waals surface area contributed by atoms with E-state index in [1.807, 2.05) is 17.9 Å². The topological polar surface area (TPSA) is 66.8 Å². The highest BCUT2D eigenvalue weighted by atomic mass is 32.1. The molecular formula is C26H38N4O3S. The summed E-state index contributed by atoms with van der Waals surface area (Å²) in [6.07, 6.45) is 9.07. The molecule has 1 saturated carbocycles. The summed E-state index contributed by atoms with van der Waals surface area (Å²) in [5.41, 5.74) is 0.876. The number of hydrogen-bond acceptors (Lipinski definition) is 5. The van der Waals surface area contributed by atoms with Crippen molar-refractivity contribution in [1.29, 1.82) is 0 Å². The monoisotopic (exact) mass is 486 g/mol. The van der Waals surface area contributed by atoms with Crippen LogP contribution in [0.4, 0.5) is 0 Å². The summed E-state index contributed by atoms with van der Waals surface area (Å²) < 4.78 is 8.65. The summed E-state index contributed by atoms with van der Waals surface area (Å²) in [6.45, 7) is 7.40. The quantitative estimate of drug-likeness (QED) is 0.673. The normalized spacial score (nSPS) is 25.2. The molecule has 2 amide bonds. The molecule has 34 heavy (non-hydrogen) atoms. The minimum absolute atomic E-state index is 0.000487. The minimum atomic E-state index is -0.897. The Balaban J connectivity index is 1.36. The molecule has 1 aliphatic carbocycles. The van der Waals surface area contributed by atoms with Gasteiger partial charge in [0.1, 0.15) is 11.2 Å². The minimum Gasteiger partial charge on any atom is -0.379 e. The van der Waals surface area contributed by atoms with E-state index in [4.69, 9.17) is 4.74 Å². The van der Waals surface area contributed by atoms with Gasteiger partial charge in [-0.15, -0.1) is 11.3 Å². The number of ether oxygens (including phenoxy) is 1. The van der Waals surface area contributed by atoms with Crippen LogP contribution in [0.1, 0.15) is 68.8 Å². The van der Waals surface area contributed by atoms with Crippen molar-refractivity contribution in [1.82, 2.24) is 19.7 Å². The second kappa shape index (κ2) is 10.4. The van der Waals surface area contributed by atoms with Gasteiger partial charge in [-0.1, -0.05) is 32.1 Å². The summed E-state index contributed by atoms with van der Waals surface area (Å²) in [5, 5.41) is 5.44. The molecule has 0 unspecified atom stereocenters. The highest BCUT2D eigenvalue weighted by Crippen LogP contribution is 2.34. The van der Waals surface area contributed by atoms with Crippen molar-refractivity contribution in [2.75, 3.05) is 39.4 Å². The van der Waals surface area contributed by atoms with Crippen molar-refractivity contribution in [3.05, 3.63) is 23.2 Å². The first-order chi connectivity index (χ1) is 16.6. The zero-order valence-electron chi connectivity index (χ0n) is 20.4. The van der Waals surface area contributed by atoms with Crippen LogP contribution in [-0.4, -0.2) is 77.2 Å². The third kappa shape index (κ3) is 4.77. The van der Waals surface area contributed by atoms with E-state index >= 15 is 0 Å². The van der Waals surface area contributed by atoms with E-state index in [-0.39, 0.29) is 17.9 Å². The van der Waals surface area contributed by atoms with Gasteiger partial charge in [0.05, 0.1) is 30.0 Å². The number of aromatic nitrogens is 1. The first kappa shape index (κ1) is 23.8. The van der Waals surface area contributed by atoms with E-state index in [9.17, 15) is 9.59 Å². The Kier molecular flexibility index (Phi) is 7.27. The molecule has 2 aromatic heterocycles. The van der Waals surface area contributed by atoms with Gasteiger partial charge in [-0.3, -0.25) is 14.5 Å². The largest absolute Gasteiger partial charge is 0.379 e. The zero-order valence-corrected chi connectivity index (χ0v) is 21.2. The number of nitrogens with zero attached hydrogens (tertiary/aromatic N) is 3. The van der Waals surface area contributed by atoms with Crippen molar-refractivity contribution in [2.24, 2.45) is 0 Å². The number of carbonyl (C=O) groups excluding carboxylic acids is 2. The van der Waals surface area contributed by atoms with Crippen LogP contribution in [0.2, 0.25) is 0 Å². The summed E-state index contributed by atoms with van der Waals surface area (Å²) in [5.74, 6) is -0.0209. The van der Waals surface area contributed by atoms with Gasteiger partial charge < -0.3 is 19.5 Å². The summed E-state index contributed by atoms with van der Waals surface area (Å²) >= 11 is 1.65. The Morgan fingerprint density at radius 2 is 1.88 bits per heavy atom. The van der Waals surface area contributed by atoms with Crippen LogP contribution in [0.5, 0.6) is 0 Å². The lowest BCUT2D eigenvalue weighted by Gasteiger charge is -2.45. The Labute approximate surface area is 206 Å². The molecule has 2 aromatic rings. The zero-order chi connectivity index (χ0) is 23.5. The van der Waals surface area contributed by atoms with Gasteiger partial charge in [0.2, 0.25) is 5.91 Å². The average molecular weight is 487 g/mol. The van der Waals surface area contributed by atoms with E-state index in [0.29, 0.717) is 18.8 Å². The Hall–Kier alpha value is -1.90. The van der Waals surface area contributed by atoms with Gasteiger partial charge in [0.15, 0.2) is 0 Å². The maximum absolute atomic E-state index is 13.9. The second-order valence-electron chi connectivity index (χ2n) is 10.3. The molecule has 0 aromatic carbocycles. The fourth-order valence-electron chi connectivity index (χ4n) is 5.84. The van der Waals surface area contributed by atoms with Crippen molar-refractivity contribution in [3.8, 4) is 0 Å². The lowest BCUT2D eigenvalue weighted by Crippen LogP contribution is -2.65. The Morgan fingerprint density at radius 3 is 2.65 bits per heavy atom. The molecule has 8 heteroatoms. The smallest absolute Gasteiger partial charge is 0.271 e. The lowest BCUT2D eigenvalue weighted by atomic mass is 9.92. The maximum atomic E-state index is 13.9. The Morgan fingerprint density at radius 1 is 1.15 bits per heavy atom. The van der Waals surface area contributed by atoms with Gasteiger partial charge in [-0.2, -0.15) is 0 Å². The number of morpholine rings is 1. The predicted molar refractivity (Wildman–Crippen MR) is 135 cm³/mol. The van der Waals surface area contributed by atoms with Crippen LogP contribution in [0.3, 0.4) is 0 Å². The van der Waals surface area contributed by atoms with Crippen molar-refractivity contribution in [2.45, 2.75) is 76.4 Å². The first-order valence-corrected chi connectivity index (χ1v) is 13.9. The number of amides is 2. The molecule has 5 rings (SSSR count). The molecule has 3 aliphatic rings. The van der Waals surface area contributed by atoms with Gasteiger partial charge in [-0.05, 0) is 43.7 Å². The van der Waals surface area contributed by atoms with Crippen LogP contribution in [-0.2, 0) is 16.1 Å². The third-order valence-corrected chi connectivity index (χ3v) is 8.79. The van der Waals surface area contributed by atoms with Crippen molar-refractivity contribution in [3.63, 3.8) is 0 Å². The number of nitrogens with one attached hydrogen (secondary N) is 1. The molecule has 0 radical (unpaired) electrons. The molecule has 0 spiro atoms. The van der Waals surface area contributed by atoms with Gasteiger partial charge in [0.25, 0.3) is 5.91 Å². The second-order valence-corrected chi connectivity index (χ2v) is 11.3. The molecule has 7 nitrogen and oxygen atoms in total. The molecule has 1 N–H and O–H groups in total. The predicted octanol–water partition coefficient (Wildman–Crippen LogP) is 3.87. The molecule has 1 atom stereocenters. The van der Waals surface area contributed by atoms with Gasteiger partial charge in [-0.25, -0.2) is 0 Å². The molecule has 2 aliphatic heterocycles. The average Bonchev–Trinajstić information content (AvgIpc) is 3.41. The molecule has 0 bridgehead atoms. The highest BCUT2D eigenvalue weighted by molar-refractivity contribution is 7.17. The molecule has 2 fully saturated rings. The van der Waals surface area contributed by atoms with Crippen LogP contribution >= 0.6 is 11.3 Å². The highest BCUT2D eigenvalue weighted by Gasteiger charge is 2.48. The number of fused-ring (bicyclic) bond motifs is 3. The molecule has 1 saturated heterocycles. The summed E-state index contributed by atoms with van der Waals surface area (Å²) in [4.78, 5) is 31.9. The van der Waals surface area contributed by atoms with Crippen molar-refractivity contribution < 1.29 is 14.3 Å². The van der Waals surface area contributed by atoms with E-state index < -0.39 is 5.54 Å².